The average molecular weight is 434 g/mol. The monoisotopic (exact) mass is 433 g/mol. The fourth-order valence-corrected chi connectivity index (χ4v) is 8.75. The highest BCUT2D eigenvalue weighted by molar-refractivity contribution is 6.99. The Morgan fingerprint density at radius 3 is 1.94 bits per heavy atom. The molecule has 0 unspecified atom stereocenters. The van der Waals surface area contributed by atoms with Gasteiger partial charge in [-0.25, -0.2) is 0 Å². The van der Waals surface area contributed by atoms with Gasteiger partial charge in [0.05, 0.1) is 18.7 Å². The minimum absolute atomic E-state index is 0.00792. The fraction of sp³-hybridized carbons (Fsp3) is 0.308. The predicted molar refractivity (Wildman–Crippen MR) is 127 cm³/mol. The molecule has 0 bridgehead atoms. The SMILES string of the molecule is CCc1nc(CO[Si](c2ccccc2)(c2ccccc2)C(C)(C)C)ccc1CC(=O)O. The van der Waals surface area contributed by atoms with E-state index in [2.05, 4.69) is 69.3 Å². The van der Waals surface area contributed by atoms with E-state index in [1.54, 1.807) is 0 Å². The molecule has 2 aromatic carbocycles. The first-order chi connectivity index (χ1) is 14.8. The van der Waals surface area contributed by atoms with Crippen LogP contribution >= 0.6 is 0 Å². The lowest BCUT2D eigenvalue weighted by Gasteiger charge is -2.43. The zero-order valence-corrected chi connectivity index (χ0v) is 19.8. The smallest absolute Gasteiger partial charge is 0.307 e. The molecule has 0 aliphatic heterocycles. The number of aromatic nitrogens is 1. The molecule has 5 heteroatoms. The zero-order chi connectivity index (χ0) is 22.5. The Balaban J connectivity index is 2.03. The van der Waals surface area contributed by atoms with Crippen molar-refractivity contribution in [3.63, 3.8) is 0 Å². The standard InChI is InChI=1S/C26H31NO3Si/c1-5-24-20(18-25(28)29)16-17-21(27-24)19-30-31(26(2,3)4,22-12-8-6-9-13-22)23-14-10-7-11-15-23/h6-17H,5,18-19H2,1-4H3,(H,28,29). The molecule has 4 nitrogen and oxygen atoms in total. The van der Waals surface area contributed by atoms with Gasteiger partial charge in [0.25, 0.3) is 8.32 Å². The lowest BCUT2D eigenvalue weighted by atomic mass is 10.1. The van der Waals surface area contributed by atoms with E-state index in [0.29, 0.717) is 13.0 Å². The third kappa shape index (κ3) is 4.94. The van der Waals surface area contributed by atoms with Crippen LogP contribution in [0, 0.1) is 0 Å². The molecule has 162 valence electrons. The van der Waals surface area contributed by atoms with Gasteiger partial charge >= 0.3 is 5.97 Å². The van der Waals surface area contributed by atoms with Crippen molar-refractivity contribution in [2.75, 3.05) is 0 Å². The summed E-state index contributed by atoms with van der Waals surface area (Å²) in [4.78, 5) is 15.9. The molecule has 0 radical (unpaired) electrons. The Hall–Kier alpha value is -2.76. The van der Waals surface area contributed by atoms with E-state index in [0.717, 1.165) is 17.0 Å². The highest BCUT2D eigenvalue weighted by Crippen LogP contribution is 2.37. The van der Waals surface area contributed by atoms with Crippen LogP contribution in [0.4, 0.5) is 0 Å². The first-order valence-corrected chi connectivity index (χ1v) is 12.6. The molecule has 0 spiro atoms. The Morgan fingerprint density at radius 2 is 1.48 bits per heavy atom. The third-order valence-corrected chi connectivity index (χ3v) is 10.6. The molecular formula is C26H31NO3Si. The molecule has 0 amide bonds. The van der Waals surface area contributed by atoms with E-state index in [9.17, 15) is 4.79 Å². The lowest BCUT2D eigenvalue weighted by molar-refractivity contribution is -0.136. The minimum atomic E-state index is -2.63. The number of aliphatic carboxylic acids is 1. The van der Waals surface area contributed by atoms with Crippen LogP contribution < -0.4 is 10.4 Å². The quantitative estimate of drug-likeness (QED) is 0.537. The summed E-state index contributed by atoms with van der Waals surface area (Å²) in [7, 11) is -2.63. The number of carboxylic acids is 1. The summed E-state index contributed by atoms with van der Waals surface area (Å²) < 4.78 is 6.93. The maximum absolute atomic E-state index is 11.2. The molecule has 0 atom stereocenters. The van der Waals surface area contributed by atoms with Crippen molar-refractivity contribution in [2.45, 2.75) is 52.2 Å². The van der Waals surface area contributed by atoms with Crippen molar-refractivity contribution in [3.8, 4) is 0 Å². The highest BCUT2D eigenvalue weighted by atomic mass is 28.4. The summed E-state index contributed by atoms with van der Waals surface area (Å²) >= 11 is 0. The van der Waals surface area contributed by atoms with Gasteiger partial charge in [-0.1, -0.05) is 94.4 Å². The van der Waals surface area contributed by atoms with Gasteiger partial charge in [-0.15, -0.1) is 0 Å². The third-order valence-electron chi connectivity index (χ3n) is 5.66. The minimum Gasteiger partial charge on any atom is -0.481 e. The van der Waals surface area contributed by atoms with Gasteiger partial charge in [-0.3, -0.25) is 9.78 Å². The summed E-state index contributed by atoms with van der Waals surface area (Å²) in [5.41, 5.74) is 2.43. The van der Waals surface area contributed by atoms with Crippen molar-refractivity contribution in [1.29, 1.82) is 0 Å². The van der Waals surface area contributed by atoms with E-state index in [-0.39, 0.29) is 11.5 Å². The molecule has 3 rings (SSSR count). The Bertz CT molecular complexity index is 974. The summed E-state index contributed by atoms with van der Waals surface area (Å²) in [6.07, 6.45) is 0.682. The number of hydrogen-bond acceptors (Lipinski definition) is 3. The number of carbonyl (C=O) groups is 1. The molecule has 1 N–H and O–H groups in total. The van der Waals surface area contributed by atoms with Crippen LogP contribution in [0.3, 0.4) is 0 Å². The number of nitrogens with zero attached hydrogens (tertiary/aromatic N) is 1. The van der Waals surface area contributed by atoms with Crippen LogP contribution in [-0.4, -0.2) is 24.4 Å². The first kappa shape index (κ1) is 22.9. The zero-order valence-electron chi connectivity index (χ0n) is 18.8. The molecule has 0 aliphatic carbocycles. The predicted octanol–water partition coefficient (Wildman–Crippen LogP) is 4.35. The summed E-state index contributed by atoms with van der Waals surface area (Å²) in [5.74, 6) is -0.840. The van der Waals surface area contributed by atoms with Gasteiger partial charge in [0.15, 0.2) is 0 Å². The van der Waals surface area contributed by atoms with Gasteiger partial charge in [0, 0.05) is 5.69 Å². The maximum Gasteiger partial charge on any atom is 0.307 e. The molecule has 0 aliphatic rings. The van der Waals surface area contributed by atoms with Crippen LogP contribution in [0.15, 0.2) is 72.8 Å². The van der Waals surface area contributed by atoms with E-state index < -0.39 is 14.3 Å². The van der Waals surface area contributed by atoms with Gasteiger partial charge in [0.2, 0.25) is 0 Å². The average Bonchev–Trinajstić information content (AvgIpc) is 2.75. The topological polar surface area (TPSA) is 59.4 Å². The lowest BCUT2D eigenvalue weighted by Crippen LogP contribution is -2.66. The normalized spacial score (nSPS) is 12.0. The molecule has 31 heavy (non-hydrogen) atoms. The van der Waals surface area contributed by atoms with Crippen molar-refractivity contribution in [1.82, 2.24) is 4.98 Å². The summed E-state index contributed by atoms with van der Waals surface area (Å²) in [5, 5.41) is 11.5. The van der Waals surface area contributed by atoms with Crippen molar-refractivity contribution in [2.24, 2.45) is 0 Å². The van der Waals surface area contributed by atoms with Crippen LogP contribution in [0.1, 0.15) is 44.6 Å². The van der Waals surface area contributed by atoms with Gasteiger partial charge < -0.3 is 9.53 Å². The molecular weight excluding hydrogens is 402 g/mol. The van der Waals surface area contributed by atoms with Crippen LogP contribution in [0.25, 0.3) is 0 Å². The highest BCUT2D eigenvalue weighted by Gasteiger charge is 2.50. The Kier molecular flexibility index (Phi) is 7.08. The number of rotatable bonds is 8. The van der Waals surface area contributed by atoms with Crippen molar-refractivity contribution >= 4 is 24.7 Å². The number of aryl methyl sites for hydroxylation is 1. The van der Waals surface area contributed by atoms with Crippen LogP contribution in [-0.2, 0) is 28.7 Å². The van der Waals surface area contributed by atoms with E-state index >= 15 is 0 Å². The number of benzene rings is 2. The summed E-state index contributed by atoms with van der Waals surface area (Å²) in [6, 6.07) is 24.8. The van der Waals surface area contributed by atoms with E-state index in [4.69, 9.17) is 14.5 Å². The second-order valence-electron chi connectivity index (χ2n) is 8.78. The second-order valence-corrected chi connectivity index (χ2v) is 13.1. The van der Waals surface area contributed by atoms with E-state index in [1.165, 1.54) is 10.4 Å². The maximum atomic E-state index is 11.2. The van der Waals surface area contributed by atoms with Crippen molar-refractivity contribution in [3.05, 3.63) is 89.7 Å². The van der Waals surface area contributed by atoms with Gasteiger partial charge in [-0.05, 0) is 33.5 Å². The number of carboxylic acid groups (broad SMARTS) is 1. The summed E-state index contributed by atoms with van der Waals surface area (Å²) in [6.45, 7) is 9.13. The van der Waals surface area contributed by atoms with Crippen molar-refractivity contribution < 1.29 is 14.3 Å². The Labute approximate surface area is 186 Å². The number of pyridine rings is 1. The van der Waals surface area contributed by atoms with Gasteiger partial charge in [0.1, 0.15) is 0 Å². The molecule has 0 fully saturated rings. The molecule has 0 saturated carbocycles. The number of hydrogen-bond donors (Lipinski definition) is 1. The largest absolute Gasteiger partial charge is 0.481 e. The van der Waals surface area contributed by atoms with E-state index in [1.807, 2.05) is 31.2 Å². The fourth-order valence-electron chi connectivity index (χ4n) is 4.23. The first-order valence-electron chi connectivity index (χ1n) is 10.7. The van der Waals surface area contributed by atoms with Crippen LogP contribution in [0.5, 0.6) is 0 Å². The molecule has 3 aromatic rings. The van der Waals surface area contributed by atoms with Gasteiger partial charge in [-0.2, -0.15) is 0 Å². The molecule has 1 aromatic heterocycles. The molecule has 0 saturated heterocycles. The second kappa shape index (κ2) is 9.58. The van der Waals surface area contributed by atoms with Crippen LogP contribution in [0.2, 0.25) is 5.04 Å². The Morgan fingerprint density at radius 1 is 0.935 bits per heavy atom. The molecule has 1 heterocycles.